The summed E-state index contributed by atoms with van der Waals surface area (Å²) in [6.45, 7) is 4.02. The summed E-state index contributed by atoms with van der Waals surface area (Å²) in [6.07, 6.45) is 4.98. The minimum Gasteiger partial charge on any atom is -0.490 e. The predicted octanol–water partition coefficient (Wildman–Crippen LogP) is 4.09. The maximum absolute atomic E-state index is 13.3. The molecule has 1 fully saturated rings. The Kier molecular flexibility index (Phi) is 3.47. The van der Waals surface area contributed by atoms with Crippen LogP contribution in [0.25, 0.3) is 0 Å². The summed E-state index contributed by atoms with van der Waals surface area (Å²) < 4.78 is 19.2. The molecule has 0 bridgehead atoms. The van der Waals surface area contributed by atoms with Gasteiger partial charge in [-0.2, -0.15) is 0 Å². The highest BCUT2D eigenvalue weighted by Gasteiger charge is 2.20. The molecule has 1 aliphatic carbocycles. The van der Waals surface area contributed by atoms with Crippen LogP contribution in [-0.2, 0) is 0 Å². The first-order valence-corrected chi connectivity index (χ1v) is 6.08. The molecule has 0 N–H and O–H groups in total. The van der Waals surface area contributed by atoms with Gasteiger partial charge in [0.15, 0.2) is 0 Å². The number of aryl methyl sites for hydroxylation is 1. The molecule has 2 rings (SSSR count). The average Bonchev–Trinajstić information content (AvgIpc) is 2.24. The predicted molar refractivity (Wildman–Crippen MR) is 63.2 cm³/mol. The van der Waals surface area contributed by atoms with Crippen LogP contribution in [0, 0.1) is 18.7 Å². The van der Waals surface area contributed by atoms with Crippen LogP contribution in [-0.4, -0.2) is 6.10 Å². The van der Waals surface area contributed by atoms with Gasteiger partial charge in [0, 0.05) is 6.07 Å². The van der Waals surface area contributed by atoms with E-state index in [0.717, 1.165) is 18.8 Å². The summed E-state index contributed by atoms with van der Waals surface area (Å²) in [5, 5.41) is 0. The lowest BCUT2D eigenvalue weighted by Gasteiger charge is -2.27. The Morgan fingerprint density at radius 2 is 2.12 bits per heavy atom. The molecule has 0 aliphatic heterocycles. The highest BCUT2D eigenvalue weighted by Crippen LogP contribution is 2.27. The maximum atomic E-state index is 13.3. The van der Waals surface area contributed by atoms with Crippen molar-refractivity contribution in [3.63, 3.8) is 0 Å². The van der Waals surface area contributed by atoms with Gasteiger partial charge >= 0.3 is 0 Å². The Labute approximate surface area is 96.6 Å². The highest BCUT2D eigenvalue weighted by atomic mass is 19.1. The van der Waals surface area contributed by atoms with Crippen LogP contribution in [0.1, 0.15) is 38.2 Å². The fourth-order valence-electron chi connectivity index (χ4n) is 2.32. The molecule has 2 atom stereocenters. The van der Waals surface area contributed by atoms with Crippen molar-refractivity contribution in [3.05, 3.63) is 29.6 Å². The largest absolute Gasteiger partial charge is 0.490 e. The van der Waals surface area contributed by atoms with E-state index in [0.29, 0.717) is 11.3 Å². The van der Waals surface area contributed by atoms with E-state index in [4.69, 9.17) is 4.74 Å². The molecule has 0 heterocycles. The van der Waals surface area contributed by atoms with E-state index in [1.54, 1.807) is 13.0 Å². The molecule has 0 radical (unpaired) electrons. The molecule has 2 unspecified atom stereocenters. The van der Waals surface area contributed by atoms with E-state index in [-0.39, 0.29) is 11.9 Å². The van der Waals surface area contributed by atoms with Crippen molar-refractivity contribution in [1.29, 1.82) is 0 Å². The third-order valence-corrected chi connectivity index (χ3v) is 3.33. The van der Waals surface area contributed by atoms with Gasteiger partial charge in [-0.25, -0.2) is 4.39 Å². The summed E-state index contributed by atoms with van der Waals surface area (Å²) in [6, 6.07) is 5.13. The van der Waals surface area contributed by atoms with Crippen LogP contribution in [0.3, 0.4) is 0 Å². The van der Waals surface area contributed by atoms with Gasteiger partial charge in [0.2, 0.25) is 0 Å². The van der Waals surface area contributed by atoms with Crippen molar-refractivity contribution in [2.75, 3.05) is 0 Å². The molecule has 1 aliphatic rings. The third kappa shape index (κ3) is 2.75. The van der Waals surface area contributed by atoms with Gasteiger partial charge in [0.05, 0.1) is 6.10 Å². The van der Waals surface area contributed by atoms with Crippen LogP contribution in [0.4, 0.5) is 4.39 Å². The normalized spacial score (nSPS) is 25.4. The van der Waals surface area contributed by atoms with Crippen molar-refractivity contribution in [1.82, 2.24) is 0 Å². The van der Waals surface area contributed by atoms with E-state index in [1.807, 2.05) is 6.07 Å². The number of halogens is 1. The van der Waals surface area contributed by atoms with Crippen LogP contribution < -0.4 is 4.74 Å². The van der Waals surface area contributed by atoms with Gasteiger partial charge in [-0.05, 0) is 43.7 Å². The molecule has 2 heteroatoms. The third-order valence-electron chi connectivity index (χ3n) is 3.33. The van der Waals surface area contributed by atoms with E-state index in [2.05, 4.69) is 6.92 Å². The van der Waals surface area contributed by atoms with Gasteiger partial charge in [-0.1, -0.05) is 19.4 Å². The van der Waals surface area contributed by atoms with Crippen LogP contribution >= 0.6 is 0 Å². The molecule has 1 aromatic rings. The second-order valence-corrected chi connectivity index (χ2v) is 4.92. The zero-order valence-corrected chi connectivity index (χ0v) is 10.0. The highest BCUT2D eigenvalue weighted by molar-refractivity contribution is 5.28. The molecule has 0 saturated heterocycles. The lowest BCUT2D eigenvalue weighted by Crippen LogP contribution is -2.24. The molecule has 1 nitrogen and oxygen atoms in total. The van der Waals surface area contributed by atoms with E-state index < -0.39 is 0 Å². The van der Waals surface area contributed by atoms with Crippen LogP contribution in [0.2, 0.25) is 0 Å². The Hall–Kier alpha value is -1.05. The topological polar surface area (TPSA) is 9.23 Å². The van der Waals surface area contributed by atoms with Crippen molar-refractivity contribution < 1.29 is 9.13 Å². The summed E-state index contributed by atoms with van der Waals surface area (Å²) >= 11 is 0. The summed E-state index contributed by atoms with van der Waals surface area (Å²) in [7, 11) is 0. The molecular weight excluding hydrogens is 203 g/mol. The van der Waals surface area contributed by atoms with Crippen molar-refractivity contribution >= 4 is 0 Å². The Morgan fingerprint density at radius 1 is 1.31 bits per heavy atom. The summed E-state index contributed by atoms with van der Waals surface area (Å²) in [5.74, 6) is 1.22. The first kappa shape index (κ1) is 11.4. The number of rotatable bonds is 2. The monoisotopic (exact) mass is 222 g/mol. The fraction of sp³-hybridized carbons (Fsp3) is 0.571. The minimum atomic E-state index is -0.179. The summed E-state index contributed by atoms with van der Waals surface area (Å²) in [4.78, 5) is 0. The first-order valence-electron chi connectivity index (χ1n) is 6.08. The lowest BCUT2D eigenvalue weighted by atomic mass is 9.89. The van der Waals surface area contributed by atoms with E-state index in [1.165, 1.54) is 18.9 Å². The second-order valence-electron chi connectivity index (χ2n) is 4.92. The molecule has 1 saturated carbocycles. The first-order chi connectivity index (χ1) is 7.65. The molecule has 0 amide bonds. The SMILES string of the molecule is Cc1ccc(OC2CCCC(C)C2)cc1F. The van der Waals surface area contributed by atoms with Crippen molar-refractivity contribution in [2.24, 2.45) is 5.92 Å². The molecule has 1 aromatic carbocycles. The number of hydrogen-bond acceptors (Lipinski definition) is 1. The van der Waals surface area contributed by atoms with Gasteiger partial charge in [-0.3, -0.25) is 0 Å². The molecule has 16 heavy (non-hydrogen) atoms. The Balaban J connectivity index is 2.00. The number of hydrogen-bond donors (Lipinski definition) is 0. The van der Waals surface area contributed by atoms with Crippen molar-refractivity contribution in [2.45, 2.75) is 45.6 Å². The molecule has 88 valence electrons. The number of ether oxygens (including phenoxy) is 1. The Morgan fingerprint density at radius 3 is 2.81 bits per heavy atom. The lowest BCUT2D eigenvalue weighted by molar-refractivity contribution is 0.129. The smallest absolute Gasteiger partial charge is 0.129 e. The van der Waals surface area contributed by atoms with E-state index >= 15 is 0 Å². The van der Waals surface area contributed by atoms with Gasteiger partial charge in [-0.15, -0.1) is 0 Å². The standard InChI is InChI=1S/C14H19FO/c1-10-4-3-5-12(8-10)16-13-7-6-11(2)14(15)9-13/h6-7,9-10,12H,3-5,8H2,1-2H3. The molecule has 0 spiro atoms. The molecular formula is C14H19FO. The fourth-order valence-corrected chi connectivity index (χ4v) is 2.32. The van der Waals surface area contributed by atoms with Crippen LogP contribution in [0.15, 0.2) is 18.2 Å². The van der Waals surface area contributed by atoms with Crippen LogP contribution in [0.5, 0.6) is 5.75 Å². The zero-order valence-electron chi connectivity index (χ0n) is 10.0. The van der Waals surface area contributed by atoms with E-state index in [9.17, 15) is 4.39 Å². The Bertz CT molecular complexity index is 362. The second kappa shape index (κ2) is 4.86. The quantitative estimate of drug-likeness (QED) is 0.732. The molecule has 0 aromatic heterocycles. The van der Waals surface area contributed by atoms with Gasteiger partial charge in [0.1, 0.15) is 11.6 Å². The average molecular weight is 222 g/mol. The zero-order chi connectivity index (χ0) is 11.5. The number of benzene rings is 1. The van der Waals surface area contributed by atoms with Gasteiger partial charge < -0.3 is 4.74 Å². The van der Waals surface area contributed by atoms with Crippen molar-refractivity contribution in [3.8, 4) is 5.75 Å². The van der Waals surface area contributed by atoms with Gasteiger partial charge in [0.25, 0.3) is 0 Å². The minimum absolute atomic E-state index is 0.179. The summed E-state index contributed by atoms with van der Waals surface area (Å²) in [5.41, 5.74) is 0.671. The maximum Gasteiger partial charge on any atom is 0.129 e.